The van der Waals surface area contributed by atoms with Crippen LogP contribution in [-0.2, 0) is 5.54 Å². The van der Waals surface area contributed by atoms with Crippen LogP contribution < -0.4 is 5.73 Å². The van der Waals surface area contributed by atoms with Gasteiger partial charge in [-0.3, -0.25) is 0 Å². The molecule has 1 unspecified atom stereocenters. The molecular formula is C14H12BrF2N. The summed E-state index contributed by atoms with van der Waals surface area (Å²) >= 11 is 3.12. The highest BCUT2D eigenvalue weighted by atomic mass is 79.9. The fourth-order valence-electron chi connectivity index (χ4n) is 1.87. The molecule has 0 amide bonds. The minimum Gasteiger partial charge on any atom is -0.318 e. The average Bonchev–Trinajstić information content (AvgIpc) is 2.32. The van der Waals surface area contributed by atoms with E-state index < -0.39 is 11.4 Å². The Balaban J connectivity index is 2.57. The first-order valence-electron chi connectivity index (χ1n) is 5.42. The highest BCUT2D eigenvalue weighted by Crippen LogP contribution is 2.31. The first-order valence-corrected chi connectivity index (χ1v) is 6.21. The number of benzene rings is 2. The fraction of sp³-hybridized carbons (Fsp3) is 0.143. The summed E-state index contributed by atoms with van der Waals surface area (Å²) in [6, 6.07) is 10.8. The lowest BCUT2D eigenvalue weighted by atomic mass is 9.85. The summed E-state index contributed by atoms with van der Waals surface area (Å²) in [6.07, 6.45) is 0. The Morgan fingerprint density at radius 1 is 1.11 bits per heavy atom. The van der Waals surface area contributed by atoms with E-state index in [0.717, 1.165) is 0 Å². The largest absolute Gasteiger partial charge is 0.318 e. The second-order valence-electron chi connectivity index (χ2n) is 4.31. The van der Waals surface area contributed by atoms with Crippen LogP contribution in [0.3, 0.4) is 0 Å². The molecule has 4 heteroatoms. The molecule has 0 heterocycles. The Morgan fingerprint density at radius 3 is 2.44 bits per heavy atom. The average molecular weight is 312 g/mol. The number of halogens is 3. The van der Waals surface area contributed by atoms with Gasteiger partial charge in [-0.25, -0.2) is 8.78 Å². The van der Waals surface area contributed by atoms with Gasteiger partial charge < -0.3 is 5.73 Å². The maximum atomic E-state index is 14.1. The molecule has 2 rings (SSSR count). The van der Waals surface area contributed by atoms with Crippen molar-refractivity contribution in [2.45, 2.75) is 12.5 Å². The molecule has 18 heavy (non-hydrogen) atoms. The topological polar surface area (TPSA) is 26.0 Å². The van der Waals surface area contributed by atoms with Crippen molar-refractivity contribution in [3.8, 4) is 0 Å². The van der Waals surface area contributed by atoms with Gasteiger partial charge in [0, 0.05) is 5.56 Å². The summed E-state index contributed by atoms with van der Waals surface area (Å²) in [4.78, 5) is 0. The van der Waals surface area contributed by atoms with Crippen molar-refractivity contribution in [2.75, 3.05) is 0 Å². The van der Waals surface area contributed by atoms with Crippen LogP contribution in [0.4, 0.5) is 8.78 Å². The lowest BCUT2D eigenvalue weighted by molar-refractivity contribution is 0.522. The molecule has 1 nitrogen and oxygen atoms in total. The van der Waals surface area contributed by atoms with E-state index in [9.17, 15) is 8.78 Å². The van der Waals surface area contributed by atoms with E-state index in [-0.39, 0.29) is 5.82 Å². The molecule has 0 saturated heterocycles. The predicted octanol–water partition coefficient (Wildman–Crippen LogP) is 3.95. The predicted molar refractivity (Wildman–Crippen MR) is 71.1 cm³/mol. The van der Waals surface area contributed by atoms with Crippen molar-refractivity contribution in [2.24, 2.45) is 5.73 Å². The smallest absolute Gasteiger partial charge is 0.142 e. The summed E-state index contributed by atoms with van der Waals surface area (Å²) in [7, 11) is 0. The van der Waals surface area contributed by atoms with Crippen LogP contribution in [0.2, 0.25) is 0 Å². The molecule has 0 aliphatic heterocycles. The van der Waals surface area contributed by atoms with Gasteiger partial charge in [-0.1, -0.05) is 24.3 Å². The SMILES string of the molecule is CC(N)(c1cccc(F)c1)c1cccc(Br)c1F. The Labute approximate surface area is 113 Å². The van der Waals surface area contributed by atoms with E-state index in [0.29, 0.717) is 15.6 Å². The molecule has 2 aromatic rings. The van der Waals surface area contributed by atoms with Crippen LogP contribution in [0.5, 0.6) is 0 Å². The Kier molecular flexibility index (Phi) is 3.50. The van der Waals surface area contributed by atoms with E-state index in [1.165, 1.54) is 12.1 Å². The minimum atomic E-state index is -1.09. The lowest BCUT2D eigenvalue weighted by Crippen LogP contribution is -2.35. The Bertz CT molecular complexity index is 582. The maximum absolute atomic E-state index is 14.1. The second-order valence-corrected chi connectivity index (χ2v) is 5.17. The number of hydrogen-bond acceptors (Lipinski definition) is 1. The van der Waals surface area contributed by atoms with Crippen LogP contribution in [0.25, 0.3) is 0 Å². The highest BCUT2D eigenvalue weighted by Gasteiger charge is 2.28. The molecule has 0 fully saturated rings. The summed E-state index contributed by atoms with van der Waals surface area (Å²) < 4.78 is 27.6. The summed E-state index contributed by atoms with van der Waals surface area (Å²) in [5, 5.41) is 0. The van der Waals surface area contributed by atoms with Crippen LogP contribution in [0.1, 0.15) is 18.1 Å². The van der Waals surface area contributed by atoms with E-state index in [2.05, 4.69) is 15.9 Å². The minimum absolute atomic E-state index is 0.322. The van der Waals surface area contributed by atoms with Crippen LogP contribution in [0, 0.1) is 11.6 Å². The third-order valence-corrected chi connectivity index (χ3v) is 3.55. The van der Waals surface area contributed by atoms with Gasteiger partial charge in [0.25, 0.3) is 0 Å². The van der Waals surface area contributed by atoms with Gasteiger partial charge in [0.05, 0.1) is 10.0 Å². The van der Waals surface area contributed by atoms with E-state index >= 15 is 0 Å². The first-order chi connectivity index (χ1) is 8.43. The van der Waals surface area contributed by atoms with Crippen molar-refractivity contribution < 1.29 is 8.78 Å². The zero-order valence-corrected chi connectivity index (χ0v) is 11.3. The third kappa shape index (κ3) is 2.31. The molecule has 0 aromatic heterocycles. The van der Waals surface area contributed by atoms with Crippen LogP contribution >= 0.6 is 15.9 Å². The Hall–Kier alpha value is -1.26. The second kappa shape index (κ2) is 4.78. The van der Waals surface area contributed by atoms with Gasteiger partial charge in [0.1, 0.15) is 11.6 Å². The molecule has 0 bridgehead atoms. The molecule has 0 radical (unpaired) electrons. The van der Waals surface area contributed by atoms with Crippen molar-refractivity contribution in [1.29, 1.82) is 0 Å². The van der Waals surface area contributed by atoms with Gasteiger partial charge in [-0.15, -0.1) is 0 Å². The van der Waals surface area contributed by atoms with Crippen molar-refractivity contribution in [3.05, 3.63) is 69.7 Å². The molecule has 1 atom stereocenters. The molecule has 2 aromatic carbocycles. The van der Waals surface area contributed by atoms with Crippen molar-refractivity contribution >= 4 is 15.9 Å². The number of hydrogen-bond donors (Lipinski definition) is 1. The quantitative estimate of drug-likeness (QED) is 0.893. The van der Waals surface area contributed by atoms with Crippen LogP contribution in [0.15, 0.2) is 46.9 Å². The molecule has 0 spiro atoms. The lowest BCUT2D eigenvalue weighted by Gasteiger charge is -2.26. The molecule has 2 N–H and O–H groups in total. The normalized spacial score (nSPS) is 14.3. The molecule has 0 aliphatic carbocycles. The van der Waals surface area contributed by atoms with E-state index in [1.54, 1.807) is 37.3 Å². The molecule has 0 saturated carbocycles. The third-order valence-electron chi connectivity index (χ3n) is 2.94. The maximum Gasteiger partial charge on any atom is 0.142 e. The first kappa shape index (κ1) is 13.2. The van der Waals surface area contributed by atoms with Gasteiger partial charge in [-0.2, -0.15) is 0 Å². The molecule has 0 aliphatic rings. The van der Waals surface area contributed by atoms with Gasteiger partial charge in [-0.05, 0) is 46.6 Å². The van der Waals surface area contributed by atoms with Crippen molar-refractivity contribution in [3.63, 3.8) is 0 Å². The van der Waals surface area contributed by atoms with E-state index in [4.69, 9.17) is 5.73 Å². The standard InChI is InChI=1S/C14H12BrF2N/c1-14(18,9-4-2-5-10(16)8-9)11-6-3-7-12(15)13(11)17/h2-8H,18H2,1H3. The van der Waals surface area contributed by atoms with Crippen LogP contribution in [-0.4, -0.2) is 0 Å². The summed E-state index contributed by atoms with van der Waals surface area (Å²) in [6.45, 7) is 1.66. The summed E-state index contributed by atoms with van der Waals surface area (Å²) in [5.74, 6) is -0.814. The van der Waals surface area contributed by atoms with Crippen molar-refractivity contribution in [1.82, 2.24) is 0 Å². The fourth-order valence-corrected chi connectivity index (χ4v) is 2.24. The summed E-state index contributed by atoms with van der Waals surface area (Å²) in [5.41, 5.74) is 5.93. The molecule has 94 valence electrons. The van der Waals surface area contributed by atoms with Gasteiger partial charge in [0.15, 0.2) is 0 Å². The number of rotatable bonds is 2. The Morgan fingerprint density at radius 2 is 1.78 bits per heavy atom. The zero-order chi connectivity index (χ0) is 13.3. The monoisotopic (exact) mass is 311 g/mol. The van der Waals surface area contributed by atoms with Gasteiger partial charge >= 0.3 is 0 Å². The molecular weight excluding hydrogens is 300 g/mol. The zero-order valence-electron chi connectivity index (χ0n) is 9.75. The van der Waals surface area contributed by atoms with E-state index in [1.807, 2.05) is 0 Å². The highest BCUT2D eigenvalue weighted by molar-refractivity contribution is 9.10. The number of nitrogens with two attached hydrogens (primary N) is 1. The van der Waals surface area contributed by atoms with Gasteiger partial charge in [0.2, 0.25) is 0 Å².